The maximum atomic E-state index is 5.61. The van der Waals surface area contributed by atoms with Crippen LogP contribution in [-0.4, -0.2) is 37.2 Å². The van der Waals surface area contributed by atoms with Crippen molar-refractivity contribution in [2.75, 3.05) is 31.2 Å². The van der Waals surface area contributed by atoms with Gasteiger partial charge in [-0.05, 0) is 42.0 Å². The lowest BCUT2D eigenvalue weighted by Crippen LogP contribution is -2.36. The summed E-state index contributed by atoms with van der Waals surface area (Å²) >= 11 is 1.53. The first-order valence-corrected chi connectivity index (χ1v) is 11.1. The summed E-state index contributed by atoms with van der Waals surface area (Å²) < 4.78 is 12.9. The van der Waals surface area contributed by atoms with Crippen molar-refractivity contribution in [3.05, 3.63) is 88.7 Å². The third kappa shape index (κ3) is 4.52. The molecule has 1 aliphatic rings. The molecule has 2 aromatic carbocycles. The van der Waals surface area contributed by atoms with Crippen molar-refractivity contribution >= 4 is 28.9 Å². The zero-order valence-corrected chi connectivity index (χ0v) is 17.7. The molecule has 7 heteroatoms. The predicted molar refractivity (Wildman–Crippen MR) is 124 cm³/mol. The normalized spacial score (nSPS) is 15.1. The Kier molecular flexibility index (Phi) is 5.77. The molecule has 0 radical (unpaired) electrons. The fraction of sp³-hybridized carbons (Fsp3) is 0.167. The van der Waals surface area contributed by atoms with Crippen LogP contribution in [0.5, 0.6) is 0 Å². The van der Waals surface area contributed by atoms with Crippen molar-refractivity contribution in [3.63, 3.8) is 0 Å². The second kappa shape index (κ2) is 9.16. The van der Waals surface area contributed by atoms with Gasteiger partial charge in [0.15, 0.2) is 5.76 Å². The fourth-order valence-electron chi connectivity index (χ4n) is 3.41. The SMILES string of the molecule is C(=Nn1c(-c2ccco2)csc1=Nc1ccccc1)c1ccc(N2CCOCC2)cc1. The minimum atomic E-state index is 0.755. The van der Waals surface area contributed by atoms with Crippen LogP contribution in [0.2, 0.25) is 0 Å². The number of nitrogens with zero attached hydrogens (tertiary/aromatic N) is 4. The first-order valence-electron chi connectivity index (χ1n) is 10.2. The molecule has 4 aromatic rings. The molecule has 0 N–H and O–H groups in total. The second-order valence-electron chi connectivity index (χ2n) is 7.08. The lowest BCUT2D eigenvalue weighted by atomic mass is 10.2. The molecule has 1 aliphatic heterocycles. The second-order valence-corrected chi connectivity index (χ2v) is 7.91. The Balaban J connectivity index is 1.47. The number of thiazole rings is 1. The molecule has 0 amide bonds. The Bertz CT molecular complexity index is 1200. The smallest absolute Gasteiger partial charge is 0.211 e. The number of hydrogen-bond donors (Lipinski definition) is 0. The number of hydrogen-bond acceptors (Lipinski definition) is 6. The molecule has 6 nitrogen and oxygen atoms in total. The van der Waals surface area contributed by atoms with E-state index in [-0.39, 0.29) is 0 Å². The Morgan fingerprint density at radius 2 is 1.71 bits per heavy atom. The minimum absolute atomic E-state index is 0.755. The third-order valence-corrected chi connectivity index (χ3v) is 5.85. The van der Waals surface area contributed by atoms with E-state index in [9.17, 15) is 0 Å². The van der Waals surface area contributed by atoms with Crippen molar-refractivity contribution in [3.8, 4) is 11.5 Å². The molecule has 0 unspecified atom stereocenters. The molecular weight excluding hydrogens is 408 g/mol. The van der Waals surface area contributed by atoms with Gasteiger partial charge in [-0.1, -0.05) is 30.3 Å². The van der Waals surface area contributed by atoms with Gasteiger partial charge in [0.2, 0.25) is 4.80 Å². The molecule has 1 fully saturated rings. The van der Waals surface area contributed by atoms with E-state index in [1.807, 2.05) is 58.7 Å². The highest BCUT2D eigenvalue weighted by molar-refractivity contribution is 7.07. The molecule has 2 aromatic heterocycles. The van der Waals surface area contributed by atoms with Crippen LogP contribution in [0, 0.1) is 0 Å². The summed E-state index contributed by atoms with van der Waals surface area (Å²) in [5, 5.41) is 6.76. The number of benzene rings is 2. The van der Waals surface area contributed by atoms with Crippen molar-refractivity contribution < 1.29 is 9.15 Å². The highest BCUT2D eigenvalue weighted by atomic mass is 32.1. The van der Waals surface area contributed by atoms with Gasteiger partial charge in [0.05, 0.1) is 31.4 Å². The summed E-state index contributed by atoms with van der Waals surface area (Å²) in [7, 11) is 0. The van der Waals surface area contributed by atoms with Crippen LogP contribution < -0.4 is 9.70 Å². The number of aromatic nitrogens is 1. The monoisotopic (exact) mass is 430 g/mol. The summed E-state index contributed by atoms with van der Waals surface area (Å²) in [4.78, 5) is 7.88. The minimum Gasteiger partial charge on any atom is -0.463 e. The topological polar surface area (TPSA) is 55.3 Å². The number of furan rings is 1. The van der Waals surface area contributed by atoms with E-state index in [1.54, 1.807) is 6.26 Å². The first kappa shape index (κ1) is 19.5. The average molecular weight is 431 g/mol. The van der Waals surface area contributed by atoms with Crippen LogP contribution in [0.1, 0.15) is 5.56 Å². The molecule has 156 valence electrons. The van der Waals surface area contributed by atoms with Crippen molar-refractivity contribution in [1.29, 1.82) is 0 Å². The van der Waals surface area contributed by atoms with Crippen LogP contribution in [0.3, 0.4) is 0 Å². The van der Waals surface area contributed by atoms with Crippen LogP contribution in [0.25, 0.3) is 11.5 Å². The van der Waals surface area contributed by atoms with Gasteiger partial charge >= 0.3 is 0 Å². The van der Waals surface area contributed by atoms with Gasteiger partial charge in [0.25, 0.3) is 0 Å². The third-order valence-electron chi connectivity index (χ3n) is 5.03. The molecule has 0 saturated carbocycles. The Morgan fingerprint density at radius 1 is 0.903 bits per heavy atom. The summed E-state index contributed by atoms with van der Waals surface area (Å²) in [6, 6.07) is 22.1. The van der Waals surface area contributed by atoms with E-state index in [0.29, 0.717) is 0 Å². The largest absolute Gasteiger partial charge is 0.463 e. The quantitative estimate of drug-likeness (QED) is 0.429. The Morgan fingerprint density at radius 3 is 2.45 bits per heavy atom. The number of ether oxygens (including phenoxy) is 1. The molecule has 0 aliphatic carbocycles. The fourth-order valence-corrected chi connectivity index (χ4v) is 4.25. The highest BCUT2D eigenvalue weighted by Crippen LogP contribution is 2.21. The number of morpholine rings is 1. The van der Waals surface area contributed by atoms with E-state index >= 15 is 0 Å². The first-order chi connectivity index (χ1) is 15.4. The lowest BCUT2D eigenvalue weighted by molar-refractivity contribution is 0.122. The molecular formula is C24H22N4O2S. The Labute approximate surface area is 184 Å². The van der Waals surface area contributed by atoms with E-state index in [2.05, 4.69) is 29.2 Å². The van der Waals surface area contributed by atoms with Crippen molar-refractivity contribution in [1.82, 2.24) is 4.68 Å². The molecule has 0 spiro atoms. The zero-order chi connectivity index (χ0) is 20.9. The molecule has 1 saturated heterocycles. The van der Waals surface area contributed by atoms with Gasteiger partial charge in [-0.2, -0.15) is 5.10 Å². The summed E-state index contributed by atoms with van der Waals surface area (Å²) in [5.41, 5.74) is 3.98. The maximum Gasteiger partial charge on any atom is 0.211 e. The van der Waals surface area contributed by atoms with Crippen LogP contribution >= 0.6 is 11.3 Å². The van der Waals surface area contributed by atoms with Gasteiger partial charge in [-0.3, -0.25) is 0 Å². The number of para-hydroxylation sites is 1. The number of rotatable bonds is 5. The summed E-state index contributed by atoms with van der Waals surface area (Å²) in [6.07, 6.45) is 3.52. The van der Waals surface area contributed by atoms with Crippen molar-refractivity contribution in [2.24, 2.45) is 10.1 Å². The van der Waals surface area contributed by atoms with Gasteiger partial charge in [-0.25, -0.2) is 9.67 Å². The molecule has 5 rings (SSSR count). The summed E-state index contributed by atoms with van der Waals surface area (Å²) in [5.74, 6) is 0.755. The summed E-state index contributed by atoms with van der Waals surface area (Å²) in [6.45, 7) is 3.41. The molecule has 31 heavy (non-hydrogen) atoms. The van der Waals surface area contributed by atoms with Gasteiger partial charge in [-0.15, -0.1) is 11.3 Å². The number of anilines is 1. The van der Waals surface area contributed by atoms with E-state index in [0.717, 1.165) is 53.8 Å². The van der Waals surface area contributed by atoms with Gasteiger partial charge in [0, 0.05) is 24.2 Å². The highest BCUT2D eigenvalue weighted by Gasteiger charge is 2.11. The Hall–Kier alpha value is -3.42. The zero-order valence-electron chi connectivity index (χ0n) is 16.9. The average Bonchev–Trinajstić information content (AvgIpc) is 3.49. The maximum absolute atomic E-state index is 5.61. The molecule has 0 atom stereocenters. The van der Waals surface area contributed by atoms with Crippen molar-refractivity contribution in [2.45, 2.75) is 0 Å². The van der Waals surface area contributed by atoms with Crippen LogP contribution in [0.15, 0.2) is 92.9 Å². The predicted octanol–water partition coefficient (Wildman–Crippen LogP) is 4.76. The van der Waals surface area contributed by atoms with Gasteiger partial charge < -0.3 is 14.1 Å². The lowest BCUT2D eigenvalue weighted by Gasteiger charge is -2.28. The van der Waals surface area contributed by atoms with E-state index < -0.39 is 0 Å². The van der Waals surface area contributed by atoms with Crippen LogP contribution in [0.4, 0.5) is 11.4 Å². The van der Waals surface area contributed by atoms with E-state index in [1.165, 1.54) is 17.0 Å². The molecule has 3 heterocycles. The standard InChI is InChI=1S/C24H22N4O2S/c1-2-5-20(6-3-1)26-24-28(22(18-31-24)23-7-4-14-30-23)25-17-19-8-10-21(11-9-19)27-12-15-29-16-13-27/h1-11,14,17-18H,12-13,15-16H2. The van der Waals surface area contributed by atoms with E-state index in [4.69, 9.17) is 19.2 Å². The van der Waals surface area contributed by atoms with Crippen LogP contribution in [-0.2, 0) is 4.74 Å². The molecule has 0 bridgehead atoms. The van der Waals surface area contributed by atoms with Gasteiger partial charge in [0.1, 0.15) is 5.69 Å².